The maximum atomic E-state index is 11.0. The van der Waals surface area contributed by atoms with Crippen LogP contribution in [0.3, 0.4) is 0 Å². The van der Waals surface area contributed by atoms with Crippen LogP contribution in [0.25, 0.3) is 11.0 Å². The lowest BCUT2D eigenvalue weighted by atomic mass is 10.1. The van der Waals surface area contributed by atoms with E-state index in [1.807, 2.05) is 6.33 Å². The van der Waals surface area contributed by atoms with Gasteiger partial charge in [-0.2, -0.15) is 0 Å². The number of fused-ring (bicyclic) bond motifs is 1. The molecular weight excluding hydrogens is 212 g/mol. The van der Waals surface area contributed by atoms with Gasteiger partial charge in [0.25, 0.3) is 0 Å². The zero-order chi connectivity index (χ0) is 11.8. The number of hydrogen-bond donors (Lipinski definition) is 0. The molecule has 1 heterocycles. The molecule has 2 aromatic rings. The van der Waals surface area contributed by atoms with E-state index in [2.05, 4.69) is 27.8 Å². The van der Waals surface area contributed by atoms with E-state index in [9.17, 15) is 4.79 Å². The second kappa shape index (κ2) is 3.99. The topological polar surface area (TPSA) is 34.9 Å². The minimum absolute atomic E-state index is 0.244. The summed E-state index contributed by atoms with van der Waals surface area (Å²) in [6.07, 6.45) is 5.93. The van der Waals surface area contributed by atoms with E-state index >= 15 is 0 Å². The summed E-state index contributed by atoms with van der Waals surface area (Å²) in [5, 5.41) is 0. The molecule has 0 unspecified atom stereocenters. The van der Waals surface area contributed by atoms with Crippen molar-refractivity contribution in [1.82, 2.24) is 9.55 Å². The maximum absolute atomic E-state index is 11.0. The van der Waals surface area contributed by atoms with Gasteiger partial charge in [-0.05, 0) is 43.9 Å². The Morgan fingerprint density at radius 1 is 1.47 bits per heavy atom. The number of rotatable bonds is 4. The van der Waals surface area contributed by atoms with Crippen LogP contribution in [0.4, 0.5) is 0 Å². The first-order chi connectivity index (χ1) is 8.24. The third-order valence-corrected chi connectivity index (χ3v) is 3.35. The van der Waals surface area contributed by atoms with Crippen molar-refractivity contribution in [2.24, 2.45) is 0 Å². The number of carbonyl (C=O) groups is 1. The first-order valence-electron chi connectivity index (χ1n) is 6.19. The van der Waals surface area contributed by atoms with E-state index in [0.717, 1.165) is 11.9 Å². The van der Waals surface area contributed by atoms with Gasteiger partial charge in [0.2, 0.25) is 0 Å². The van der Waals surface area contributed by atoms with Gasteiger partial charge in [0.05, 0.1) is 17.4 Å². The van der Waals surface area contributed by atoms with Crippen LogP contribution >= 0.6 is 0 Å². The molecular formula is C14H16N2O. The Bertz CT molecular complexity index is 567. The third-order valence-electron chi connectivity index (χ3n) is 3.35. The minimum Gasteiger partial charge on any atom is -0.327 e. The number of hydrogen-bond acceptors (Lipinski definition) is 2. The van der Waals surface area contributed by atoms with Crippen molar-refractivity contribution in [3.63, 3.8) is 0 Å². The molecule has 3 rings (SSSR count). The van der Waals surface area contributed by atoms with E-state index in [-0.39, 0.29) is 5.78 Å². The SMILES string of the molecule is CC(=O)CCc1ccc2c(c1)ncn2C1CC1. The number of benzene rings is 1. The van der Waals surface area contributed by atoms with Crippen LogP contribution in [0.2, 0.25) is 0 Å². The zero-order valence-corrected chi connectivity index (χ0v) is 10.0. The molecule has 0 spiro atoms. The summed E-state index contributed by atoms with van der Waals surface area (Å²) < 4.78 is 2.27. The Balaban J connectivity index is 1.89. The number of imidazole rings is 1. The molecule has 0 amide bonds. The highest BCUT2D eigenvalue weighted by Crippen LogP contribution is 2.37. The summed E-state index contributed by atoms with van der Waals surface area (Å²) in [5.41, 5.74) is 3.48. The van der Waals surface area contributed by atoms with Crippen molar-refractivity contribution in [3.8, 4) is 0 Å². The molecule has 0 atom stereocenters. The van der Waals surface area contributed by atoms with E-state index in [4.69, 9.17) is 0 Å². The van der Waals surface area contributed by atoms with Gasteiger partial charge in [0.15, 0.2) is 0 Å². The van der Waals surface area contributed by atoms with Gasteiger partial charge in [-0.25, -0.2) is 4.98 Å². The number of aromatic nitrogens is 2. The fourth-order valence-electron chi connectivity index (χ4n) is 2.20. The number of Topliss-reactive ketones (excluding diaryl/α,β-unsaturated/α-hetero) is 1. The quantitative estimate of drug-likeness (QED) is 0.806. The summed E-state index contributed by atoms with van der Waals surface area (Å²) in [6.45, 7) is 1.64. The van der Waals surface area contributed by atoms with Crippen molar-refractivity contribution < 1.29 is 4.79 Å². The van der Waals surface area contributed by atoms with Gasteiger partial charge in [-0.3, -0.25) is 0 Å². The molecule has 0 N–H and O–H groups in total. The Morgan fingerprint density at radius 2 is 2.29 bits per heavy atom. The molecule has 88 valence electrons. The Morgan fingerprint density at radius 3 is 3.00 bits per heavy atom. The van der Waals surface area contributed by atoms with Gasteiger partial charge >= 0.3 is 0 Å². The van der Waals surface area contributed by atoms with Gasteiger partial charge in [-0.15, -0.1) is 0 Å². The summed E-state index contributed by atoms with van der Waals surface area (Å²) in [7, 11) is 0. The molecule has 1 fully saturated rings. The number of nitrogens with zero attached hydrogens (tertiary/aromatic N) is 2. The van der Waals surface area contributed by atoms with Crippen LogP contribution < -0.4 is 0 Å². The van der Waals surface area contributed by atoms with Gasteiger partial charge in [0, 0.05) is 12.5 Å². The molecule has 0 saturated heterocycles. The molecule has 0 bridgehead atoms. The average Bonchev–Trinajstić information content (AvgIpc) is 3.07. The summed E-state index contributed by atoms with van der Waals surface area (Å²) in [4.78, 5) is 15.4. The van der Waals surface area contributed by atoms with E-state index < -0.39 is 0 Å². The highest BCUT2D eigenvalue weighted by Gasteiger charge is 2.24. The van der Waals surface area contributed by atoms with E-state index in [0.29, 0.717) is 12.5 Å². The van der Waals surface area contributed by atoms with Crippen molar-refractivity contribution in [3.05, 3.63) is 30.1 Å². The molecule has 1 aromatic carbocycles. The third kappa shape index (κ3) is 2.09. The van der Waals surface area contributed by atoms with Crippen molar-refractivity contribution in [1.29, 1.82) is 0 Å². The molecule has 0 radical (unpaired) electrons. The largest absolute Gasteiger partial charge is 0.327 e. The highest BCUT2D eigenvalue weighted by molar-refractivity contribution is 5.78. The fraction of sp³-hybridized carbons (Fsp3) is 0.429. The lowest BCUT2D eigenvalue weighted by Gasteiger charge is -2.02. The number of ketones is 1. The van der Waals surface area contributed by atoms with Crippen LogP contribution in [-0.4, -0.2) is 15.3 Å². The molecule has 1 saturated carbocycles. The predicted molar refractivity (Wildman–Crippen MR) is 67.0 cm³/mol. The summed E-state index contributed by atoms with van der Waals surface area (Å²) >= 11 is 0. The lowest BCUT2D eigenvalue weighted by Crippen LogP contribution is -1.94. The van der Waals surface area contributed by atoms with Crippen molar-refractivity contribution in [2.75, 3.05) is 0 Å². The number of carbonyl (C=O) groups excluding carboxylic acids is 1. The van der Waals surface area contributed by atoms with Crippen LogP contribution in [0.5, 0.6) is 0 Å². The summed E-state index contributed by atoms with van der Waals surface area (Å²) in [5.74, 6) is 0.244. The monoisotopic (exact) mass is 228 g/mol. The van der Waals surface area contributed by atoms with Crippen LogP contribution in [-0.2, 0) is 11.2 Å². The normalized spacial score (nSPS) is 15.4. The van der Waals surface area contributed by atoms with Gasteiger partial charge < -0.3 is 9.36 Å². The zero-order valence-electron chi connectivity index (χ0n) is 10.0. The first kappa shape index (κ1) is 10.5. The second-order valence-electron chi connectivity index (χ2n) is 4.91. The second-order valence-corrected chi connectivity index (χ2v) is 4.91. The van der Waals surface area contributed by atoms with Crippen molar-refractivity contribution in [2.45, 2.75) is 38.6 Å². The molecule has 1 aromatic heterocycles. The lowest BCUT2D eigenvalue weighted by molar-refractivity contribution is -0.116. The fourth-order valence-corrected chi connectivity index (χ4v) is 2.20. The summed E-state index contributed by atoms with van der Waals surface area (Å²) in [6, 6.07) is 7.03. The van der Waals surface area contributed by atoms with Crippen LogP contribution in [0.1, 0.15) is 37.8 Å². The molecule has 3 nitrogen and oxygen atoms in total. The number of aryl methyl sites for hydroxylation is 1. The molecule has 0 aliphatic heterocycles. The molecule has 3 heteroatoms. The van der Waals surface area contributed by atoms with Crippen LogP contribution in [0.15, 0.2) is 24.5 Å². The van der Waals surface area contributed by atoms with Gasteiger partial charge in [-0.1, -0.05) is 6.07 Å². The van der Waals surface area contributed by atoms with Crippen LogP contribution in [0, 0.1) is 0 Å². The molecule has 1 aliphatic carbocycles. The first-order valence-corrected chi connectivity index (χ1v) is 6.19. The Labute approximate surface area is 100 Å². The Kier molecular flexibility index (Phi) is 2.46. The van der Waals surface area contributed by atoms with E-state index in [1.54, 1.807) is 6.92 Å². The smallest absolute Gasteiger partial charge is 0.130 e. The average molecular weight is 228 g/mol. The maximum Gasteiger partial charge on any atom is 0.130 e. The minimum atomic E-state index is 0.244. The molecule has 17 heavy (non-hydrogen) atoms. The van der Waals surface area contributed by atoms with Gasteiger partial charge in [0.1, 0.15) is 5.78 Å². The molecule has 1 aliphatic rings. The van der Waals surface area contributed by atoms with E-state index in [1.165, 1.54) is 23.9 Å². The van der Waals surface area contributed by atoms with Crippen molar-refractivity contribution >= 4 is 16.8 Å². The predicted octanol–water partition coefficient (Wildman–Crippen LogP) is 2.89. The standard InChI is InChI=1S/C14H16N2O/c1-10(17)2-3-11-4-7-14-13(8-11)15-9-16(14)12-5-6-12/h4,7-9,12H,2-3,5-6H2,1H3. The highest BCUT2D eigenvalue weighted by atomic mass is 16.1. The Hall–Kier alpha value is -1.64.